The highest BCUT2D eigenvalue weighted by atomic mass is 16.2. The Morgan fingerprint density at radius 2 is 1.83 bits per heavy atom. The number of amides is 2. The lowest BCUT2D eigenvalue weighted by molar-refractivity contribution is -0.156. The van der Waals surface area contributed by atoms with E-state index >= 15 is 0 Å². The molecule has 1 aromatic rings. The largest absolute Gasteiger partial charge is 0.318 e. The van der Waals surface area contributed by atoms with Crippen molar-refractivity contribution in [1.82, 2.24) is 9.80 Å². The molecule has 1 fully saturated rings. The second-order valence-electron chi connectivity index (χ2n) is 9.11. The van der Waals surface area contributed by atoms with Crippen molar-refractivity contribution in [3.05, 3.63) is 48.2 Å². The Bertz CT molecular complexity index is 800. The van der Waals surface area contributed by atoms with E-state index in [0.717, 1.165) is 32.1 Å². The number of piperidine rings is 1. The molecule has 162 valence electrons. The topological polar surface area (TPSA) is 57.7 Å². The fourth-order valence-corrected chi connectivity index (χ4v) is 4.23. The molecule has 3 rings (SSSR count). The number of Topliss-reactive ketones (excluding diaryl/α,β-unsaturated/α-hetero) is 1. The monoisotopic (exact) mass is 410 g/mol. The van der Waals surface area contributed by atoms with Gasteiger partial charge in [-0.15, -0.1) is 0 Å². The van der Waals surface area contributed by atoms with E-state index in [1.54, 1.807) is 23.6 Å². The zero-order valence-electron chi connectivity index (χ0n) is 18.5. The van der Waals surface area contributed by atoms with E-state index in [4.69, 9.17) is 0 Å². The van der Waals surface area contributed by atoms with Crippen LogP contribution in [0.3, 0.4) is 0 Å². The third-order valence-corrected chi connectivity index (χ3v) is 6.61. The third kappa shape index (κ3) is 4.82. The minimum atomic E-state index is -0.707. The molecule has 0 radical (unpaired) electrons. The van der Waals surface area contributed by atoms with Crippen LogP contribution in [-0.4, -0.2) is 46.0 Å². The van der Waals surface area contributed by atoms with Crippen LogP contribution < -0.4 is 0 Å². The molecular weight excluding hydrogens is 376 g/mol. The van der Waals surface area contributed by atoms with Crippen molar-refractivity contribution in [2.24, 2.45) is 5.41 Å². The Labute approximate surface area is 180 Å². The summed E-state index contributed by atoms with van der Waals surface area (Å²) in [6, 6.07) is 9.65. The molecule has 30 heavy (non-hydrogen) atoms. The SMILES string of the molecule is CCC(C)(C)C(=O)C(=O)N1C2C=CN(CCCCc3ccccc3)C(=O)C1CCC2. The Morgan fingerprint density at radius 1 is 1.10 bits per heavy atom. The van der Waals surface area contributed by atoms with E-state index in [-0.39, 0.29) is 17.7 Å². The number of fused-ring (bicyclic) bond motifs is 2. The van der Waals surface area contributed by atoms with Gasteiger partial charge >= 0.3 is 0 Å². The molecule has 2 amide bonds. The Hall–Kier alpha value is -2.43. The van der Waals surface area contributed by atoms with Crippen LogP contribution in [0.2, 0.25) is 0 Å². The minimum Gasteiger partial charge on any atom is -0.318 e. The molecule has 5 nitrogen and oxygen atoms in total. The fraction of sp³-hybridized carbons (Fsp3) is 0.560. The first-order chi connectivity index (χ1) is 14.3. The molecular formula is C25H34N2O3. The first-order valence-electron chi connectivity index (χ1n) is 11.2. The van der Waals surface area contributed by atoms with Gasteiger partial charge in [0.2, 0.25) is 11.7 Å². The summed E-state index contributed by atoms with van der Waals surface area (Å²) in [5.74, 6) is -0.941. The number of carbonyl (C=O) groups is 3. The number of ketones is 1. The van der Waals surface area contributed by atoms with Crippen LogP contribution in [0.5, 0.6) is 0 Å². The predicted molar refractivity (Wildman–Crippen MR) is 118 cm³/mol. The number of benzene rings is 1. The number of carbonyl (C=O) groups excluding carboxylic acids is 3. The van der Waals surface area contributed by atoms with Crippen molar-refractivity contribution >= 4 is 17.6 Å². The van der Waals surface area contributed by atoms with Crippen LogP contribution in [0.1, 0.15) is 64.9 Å². The lowest BCUT2D eigenvalue weighted by Gasteiger charge is -2.40. The van der Waals surface area contributed by atoms with Crippen molar-refractivity contribution in [1.29, 1.82) is 0 Å². The zero-order valence-corrected chi connectivity index (χ0v) is 18.5. The molecule has 0 aromatic heterocycles. The maximum absolute atomic E-state index is 13.2. The van der Waals surface area contributed by atoms with Crippen LogP contribution in [0.4, 0.5) is 0 Å². The van der Waals surface area contributed by atoms with E-state index in [9.17, 15) is 14.4 Å². The molecule has 0 saturated carbocycles. The molecule has 5 heteroatoms. The summed E-state index contributed by atoms with van der Waals surface area (Å²) in [6.07, 6.45) is 9.59. The third-order valence-electron chi connectivity index (χ3n) is 6.61. The van der Waals surface area contributed by atoms with Gasteiger partial charge in [-0.1, -0.05) is 51.1 Å². The minimum absolute atomic E-state index is 0.0522. The summed E-state index contributed by atoms with van der Waals surface area (Å²) in [5.41, 5.74) is 0.599. The van der Waals surface area contributed by atoms with Crippen molar-refractivity contribution in [3.8, 4) is 0 Å². The Morgan fingerprint density at radius 3 is 2.53 bits per heavy atom. The summed E-state index contributed by atoms with van der Waals surface area (Å²) < 4.78 is 0. The lowest BCUT2D eigenvalue weighted by atomic mass is 9.83. The van der Waals surface area contributed by atoms with Gasteiger partial charge in [0.15, 0.2) is 0 Å². The van der Waals surface area contributed by atoms with Crippen LogP contribution in [0.25, 0.3) is 0 Å². The first kappa shape index (κ1) is 22.3. The second-order valence-corrected chi connectivity index (χ2v) is 9.11. The van der Waals surface area contributed by atoms with E-state index < -0.39 is 17.4 Å². The maximum atomic E-state index is 13.2. The van der Waals surface area contributed by atoms with Gasteiger partial charge in [0.05, 0.1) is 6.04 Å². The summed E-state index contributed by atoms with van der Waals surface area (Å²) in [6.45, 7) is 6.16. The maximum Gasteiger partial charge on any atom is 0.291 e. The first-order valence-corrected chi connectivity index (χ1v) is 11.2. The van der Waals surface area contributed by atoms with E-state index in [2.05, 4.69) is 12.1 Å². The van der Waals surface area contributed by atoms with Gasteiger partial charge in [0.25, 0.3) is 5.91 Å². The van der Waals surface area contributed by atoms with E-state index in [0.29, 0.717) is 19.4 Å². The summed E-state index contributed by atoms with van der Waals surface area (Å²) in [5, 5.41) is 0. The molecule has 0 spiro atoms. The van der Waals surface area contributed by atoms with Crippen molar-refractivity contribution < 1.29 is 14.4 Å². The van der Waals surface area contributed by atoms with Crippen LogP contribution in [0, 0.1) is 5.41 Å². The van der Waals surface area contributed by atoms with Crippen LogP contribution >= 0.6 is 0 Å². The smallest absolute Gasteiger partial charge is 0.291 e. The summed E-state index contributed by atoms with van der Waals surface area (Å²) >= 11 is 0. The zero-order chi connectivity index (χ0) is 21.7. The number of rotatable bonds is 8. The second kappa shape index (κ2) is 9.59. The van der Waals surface area contributed by atoms with Crippen LogP contribution in [-0.2, 0) is 20.8 Å². The number of hydrogen-bond donors (Lipinski definition) is 0. The standard InChI is InChI=1S/C25H34N2O3/c1-4-25(2,3)22(28)24(30)27-20-14-10-15-21(27)23(29)26(18-16-20)17-9-8-13-19-11-6-5-7-12-19/h5-7,11-12,16,18,20-21H,4,8-10,13-15,17H2,1-3H3. The van der Waals surface area contributed by atoms with Crippen molar-refractivity contribution in [3.63, 3.8) is 0 Å². The van der Waals surface area contributed by atoms with Crippen LogP contribution in [0.15, 0.2) is 42.6 Å². The van der Waals surface area contributed by atoms with Gasteiger partial charge in [-0.2, -0.15) is 0 Å². The van der Waals surface area contributed by atoms with E-state index in [1.807, 2.05) is 37.4 Å². The highest BCUT2D eigenvalue weighted by Gasteiger charge is 2.45. The quantitative estimate of drug-likeness (QED) is 0.478. The van der Waals surface area contributed by atoms with Gasteiger partial charge in [-0.05, 0) is 56.6 Å². The number of hydrogen-bond acceptors (Lipinski definition) is 3. The van der Waals surface area contributed by atoms with Gasteiger partial charge in [0.1, 0.15) is 6.04 Å². The normalized spacial score (nSPS) is 21.5. The Kier molecular flexibility index (Phi) is 7.11. The molecule has 2 aliphatic heterocycles. The molecule has 2 unspecified atom stereocenters. The molecule has 1 aromatic carbocycles. The summed E-state index contributed by atoms with van der Waals surface area (Å²) in [7, 11) is 0. The summed E-state index contributed by atoms with van der Waals surface area (Å²) in [4.78, 5) is 42.5. The average molecular weight is 411 g/mol. The molecule has 2 aliphatic rings. The highest BCUT2D eigenvalue weighted by molar-refractivity contribution is 6.38. The highest BCUT2D eigenvalue weighted by Crippen LogP contribution is 2.31. The van der Waals surface area contributed by atoms with E-state index in [1.165, 1.54) is 5.56 Å². The molecule has 2 atom stereocenters. The Balaban J connectivity index is 1.66. The average Bonchev–Trinajstić information content (AvgIpc) is 2.84. The number of nitrogens with zero attached hydrogens (tertiary/aromatic N) is 2. The molecule has 2 heterocycles. The van der Waals surface area contributed by atoms with Gasteiger partial charge in [-0.3, -0.25) is 14.4 Å². The predicted octanol–water partition coefficient (Wildman–Crippen LogP) is 4.12. The molecule has 1 saturated heterocycles. The fourth-order valence-electron chi connectivity index (χ4n) is 4.23. The van der Waals surface area contributed by atoms with Crippen molar-refractivity contribution in [2.75, 3.05) is 6.54 Å². The molecule has 0 N–H and O–H groups in total. The van der Waals surface area contributed by atoms with Gasteiger partial charge in [-0.25, -0.2) is 0 Å². The van der Waals surface area contributed by atoms with Crippen molar-refractivity contribution in [2.45, 2.75) is 77.8 Å². The molecule has 0 aliphatic carbocycles. The lowest BCUT2D eigenvalue weighted by Crippen LogP contribution is -2.57. The van der Waals surface area contributed by atoms with Gasteiger partial charge in [0, 0.05) is 18.2 Å². The molecule has 2 bridgehead atoms. The number of unbranched alkanes of at least 4 members (excludes halogenated alkanes) is 1. The number of aryl methyl sites for hydroxylation is 1. The van der Waals surface area contributed by atoms with Gasteiger partial charge < -0.3 is 9.80 Å².